The highest BCUT2D eigenvalue weighted by Gasteiger charge is 2.40. The maximum absolute atomic E-state index is 12.9. The average Bonchev–Trinajstić information content (AvgIpc) is 3.52. The molecule has 0 bridgehead atoms. The predicted octanol–water partition coefficient (Wildman–Crippen LogP) is 5.01. The van der Waals surface area contributed by atoms with E-state index in [2.05, 4.69) is 10.3 Å². The molecule has 1 aliphatic heterocycles. The van der Waals surface area contributed by atoms with Gasteiger partial charge in [0, 0.05) is 17.5 Å². The largest absolute Gasteiger partial charge is 0.416 e. The van der Waals surface area contributed by atoms with Gasteiger partial charge in [0.15, 0.2) is 0 Å². The molecule has 1 fully saturated rings. The Kier molecular flexibility index (Phi) is 6.83. The van der Waals surface area contributed by atoms with E-state index in [1.165, 1.54) is 39.9 Å². The maximum Gasteiger partial charge on any atom is 0.416 e. The van der Waals surface area contributed by atoms with Gasteiger partial charge in [0.1, 0.15) is 15.3 Å². The van der Waals surface area contributed by atoms with E-state index in [0.29, 0.717) is 33.4 Å². The van der Waals surface area contributed by atoms with Gasteiger partial charge in [0.2, 0.25) is 5.91 Å². The fourth-order valence-electron chi connectivity index (χ4n) is 3.48. The number of hydrogen-bond donors (Lipinski definition) is 1. The van der Waals surface area contributed by atoms with E-state index >= 15 is 0 Å². The number of sulfonamides is 1. The van der Waals surface area contributed by atoms with Gasteiger partial charge in [-0.1, -0.05) is 23.7 Å². The van der Waals surface area contributed by atoms with E-state index in [1.807, 2.05) is 0 Å². The highest BCUT2D eigenvalue weighted by Crippen LogP contribution is 2.33. The first kappa shape index (κ1) is 24.1. The molecule has 1 aliphatic rings. The number of alkyl halides is 3. The average molecular weight is 536 g/mol. The lowest BCUT2D eigenvalue weighted by Gasteiger charge is -2.22. The van der Waals surface area contributed by atoms with E-state index in [1.54, 1.807) is 5.38 Å². The second-order valence-electron chi connectivity index (χ2n) is 7.25. The molecule has 1 aromatic carbocycles. The Morgan fingerprint density at radius 3 is 2.58 bits per heavy atom. The van der Waals surface area contributed by atoms with Crippen molar-refractivity contribution in [3.05, 3.63) is 56.7 Å². The van der Waals surface area contributed by atoms with E-state index in [4.69, 9.17) is 11.6 Å². The molecule has 4 rings (SSSR count). The summed E-state index contributed by atoms with van der Waals surface area (Å²) < 4.78 is 65.6. The summed E-state index contributed by atoms with van der Waals surface area (Å²) in [4.78, 5) is 17.1. The molecule has 0 aliphatic carbocycles. The Balaban J connectivity index is 1.40. The molecular weight excluding hydrogens is 519 g/mol. The summed E-state index contributed by atoms with van der Waals surface area (Å²) in [6.45, 7) is 0.324. The Labute approximate surface area is 201 Å². The van der Waals surface area contributed by atoms with Gasteiger partial charge in [-0.3, -0.25) is 4.79 Å². The number of hydrogen-bond acceptors (Lipinski definition) is 6. The SMILES string of the molecule is O=C(NCc1nc(-c2ccc(C(F)(F)F)cc2)cs1)[C@@H]1CCCN1S(=O)(=O)c1ccc(Cl)s1. The lowest BCUT2D eigenvalue weighted by atomic mass is 10.1. The molecule has 0 saturated carbocycles. The molecule has 176 valence electrons. The third kappa shape index (κ3) is 5.24. The minimum absolute atomic E-state index is 0.0827. The number of nitrogens with one attached hydrogen (secondary N) is 1. The van der Waals surface area contributed by atoms with Gasteiger partial charge in [-0.25, -0.2) is 13.4 Å². The summed E-state index contributed by atoms with van der Waals surface area (Å²) in [5, 5.41) is 4.97. The highest BCUT2D eigenvalue weighted by atomic mass is 35.5. The molecule has 1 amide bonds. The maximum atomic E-state index is 12.9. The monoisotopic (exact) mass is 535 g/mol. The Morgan fingerprint density at radius 1 is 1.21 bits per heavy atom. The van der Waals surface area contributed by atoms with Crippen LogP contribution in [0.4, 0.5) is 13.2 Å². The Hall–Kier alpha value is -1.99. The summed E-state index contributed by atoms with van der Waals surface area (Å²) in [6.07, 6.45) is -3.45. The van der Waals surface area contributed by atoms with Crippen LogP contribution >= 0.6 is 34.3 Å². The van der Waals surface area contributed by atoms with Crippen molar-refractivity contribution in [1.29, 1.82) is 0 Å². The molecule has 0 radical (unpaired) electrons. The van der Waals surface area contributed by atoms with Crippen LogP contribution in [-0.4, -0.2) is 36.2 Å². The molecule has 2 aromatic heterocycles. The first-order valence-corrected chi connectivity index (χ1v) is 13.2. The number of amides is 1. The van der Waals surface area contributed by atoms with Crippen molar-refractivity contribution in [2.24, 2.45) is 0 Å². The zero-order valence-corrected chi connectivity index (χ0v) is 20.0. The van der Waals surface area contributed by atoms with Gasteiger partial charge in [-0.05, 0) is 37.1 Å². The number of aromatic nitrogens is 1. The number of carbonyl (C=O) groups excluding carboxylic acids is 1. The summed E-state index contributed by atoms with van der Waals surface area (Å²) >= 11 is 8.06. The van der Waals surface area contributed by atoms with Crippen LogP contribution < -0.4 is 5.32 Å². The van der Waals surface area contributed by atoms with Crippen LogP contribution in [0.1, 0.15) is 23.4 Å². The van der Waals surface area contributed by atoms with Crippen LogP contribution in [0, 0.1) is 0 Å². The van der Waals surface area contributed by atoms with Crippen LogP contribution in [0.3, 0.4) is 0 Å². The molecule has 33 heavy (non-hydrogen) atoms. The Morgan fingerprint density at radius 2 is 1.94 bits per heavy atom. The molecule has 0 spiro atoms. The molecule has 3 heterocycles. The molecule has 6 nitrogen and oxygen atoms in total. The van der Waals surface area contributed by atoms with Crippen molar-refractivity contribution < 1.29 is 26.4 Å². The molecule has 1 N–H and O–H groups in total. The third-order valence-corrected chi connectivity index (χ3v) is 9.55. The molecule has 1 saturated heterocycles. The number of thiazole rings is 1. The van der Waals surface area contributed by atoms with Crippen LogP contribution in [-0.2, 0) is 27.5 Å². The minimum Gasteiger partial charge on any atom is -0.348 e. The van der Waals surface area contributed by atoms with E-state index < -0.39 is 33.7 Å². The van der Waals surface area contributed by atoms with Crippen LogP contribution in [0.15, 0.2) is 46.0 Å². The number of thiophene rings is 1. The number of benzene rings is 1. The van der Waals surface area contributed by atoms with Gasteiger partial charge >= 0.3 is 6.18 Å². The quantitative estimate of drug-likeness (QED) is 0.481. The van der Waals surface area contributed by atoms with Crippen molar-refractivity contribution in [3.8, 4) is 11.3 Å². The van der Waals surface area contributed by atoms with E-state index in [9.17, 15) is 26.4 Å². The van der Waals surface area contributed by atoms with Crippen LogP contribution in [0.25, 0.3) is 11.3 Å². The van der Waals surface area contributed by atoms with Gasteiger partial charge in [-0.15, -0.1) is 22.7 Å². The van der Waals surface area contributed by atoms with E-state index in [-0.39, 0.29) is 17.3 Å². The standard InChI is InChI=1S/C20H17ClF3N3O3S3/c21-16-7-8-18(32-16)33(29,30)27-9-1-2-15(27)19(28)25-10-17-26-14(11-31-17)12-3-5-13(6-4-12)20(22,23)24/h3-8,11,15H,1-2,9-10H2,(H,25,28)/t15-/m0/s1. The number of carbonyl (C=O) groups is 1. The zero-order chi connectivity index (χ0) is 23.8. The normalized spacial score (nSPS) is 17.4. The van der Waals surface area contributed by atoms with Gasteiger partial charge in [-0.2, -0.15) is 17.5 Å². The van der Waals surface area contributed by atoms with Gasteiger partial charge in [0.25, 0.3) is 10.0 Å². The first-order valence-electron chi connectivity index (χ1n) is 9.72. The fraction of sp³-hybridized carbons (Fsp3) is 0.300. The smallest absolute Gasteiger partial charge is 0.348 e. The van der Waals surface area contributed by atoms with Gasteiger partial charge in [0.05, 0.1) is 22.1 Å². The number of nitrogens with zero attached hydrogens (tertiary/aromatic N) is 2. The van der Waals surface area contributed by atoms with Crippen LogP contribution in [0.5, 0.6) is 0 Å². The summed E-state index contributed by atoms with van der Waals surface area (Å²) in [7, 11) is -3.83. The predicted molar refractivity (Wildman–Crippen MR) is 121 cm³/mol. The van der Waals surface area contributed by atoms with Crippen molar-refractivity contribution in [2.45, 2.75) is 35.8 Å². The van der Waals surface area contributed by atoms with Crippen molar-refractivity contribution >= 4 is 50.2 Å². The lowest BCUT2D eigenvalue weighted by Crippen LogP contribution is -2.45. The van der Waals surface area contributed by atoms with E-state index in [0.717, 1.165) is 23.5 Å². The second-order valence-corrected chi connectivity index (χ2v) is 12.0. The van der Waals surface area contributed by atoms with Crippen molar-refractivity contribution in [2.75, 3.05) is 6.54 Å². The highest BCUT2D eigenvalue weighted by molar-refractivity contribution is 7.91. The zero-order valence-electron chi connectivity index (χ0n) is 16.8. The molecule has 1 atom stereocenters. The van der Waals surface area contributed by atoms with Crippen molar-refractivity contribution in [1.82, 2.24) is 14.6 Å². The Bertz CT molecular complexity index is 1260. The minimum atomic E-state index is -4.41. The summed E-state index contributed by atoms with van der Waals surface area (Å²) in [5.74, 6) is -0.426. The summed E-state index contributed by atoms with van der Waals surface area (Å²) in [6, 6.07) is 6.77. The topological polar surface area (TPSA) is 79.4 Å². The molecule has 0 unspecified atom stereocenters. The van der Waals surface area contributed by atoms with Crippen LogP contribution in [0.2, 0.25) is 4.34 Å². The first-order chi connectivity index (χ1) is 15.6. The summed E-state index contributed by atoms with van der Waals surface area (Å²) in [5.41, 5.74) is 0.284. The molecule has 3 aromatic rings. The lowest BCUT2D eigenvalue weighted by molar-refractivity contribution is -0.137. The number of rotatable bonds is 6. The second kappa shape index (κ2) is 9.34. The fourth-order valence-corrected chi connectivity index (χ4v) is 7.49. The third-order valence-electron chi connectivity index (χ3n) is 5.09. The van der Waals surface area contributed by atoms with Gasteiger partial charge < -0.3 is 5.32 Å². The van der Waals surface area contributed by atoms with Crippen molar-refractivity contribution in [3.63, 3.8) is 0 Å². The molecular formula is C20H17ClF3N3O3S3. The number of halogens is 4. The molecule has 13 heteroatoms.